The van der Waals surface area contributed by atoms with Crippen LogP contribution in [0.25, 0.3) is 10.8 Å². The summed E-state index contributed by atoms with van der Waals surface area (Å²) in [5.74, 6) is -0.383. The highest BCUT2D eigenvalue weighted by Gasteiger charge is 2.36. The van der Waals surface area contributed by atoms with Gasteiger partial charge in [-0.1, -0.05) is 71.8 Å². The molecule has 45 heavy (non-hydrogen) atoms. The summed E-state index contributed by atoms with van der Waals surface area (Å²) in [5, 5.41) is 1.86. The van der Waals surface area contributed by atoms with Crippen molar-refractivity contribution >= 4 is 139 Å². The van der Waals surface area contributed by atoms with Gasteiger partial charge in [-0.15, -0.1) is 0 Å². The maximum atomic E-state index is 14.2. The molecule has 4 rings (SSSR count). The van der Waals surface area contributed by atoms with Crippen LogP contribution in [0.1, 0.15) is 16.7 Å². The molecule has 0 aliphatic heterocycles. The monoisotopic (exact) mass is 603 g/mol. The summed E-state index contributed by atoms with van der Waals surface area (Å²) >= 11 is 5.84. The number of hydrogen-bond acceptors (Lipinski definition) is 2. The molecule has 197 valence electrons. The maximum Gasteiger partial charge on any atom is 0.207 e. The van der Waals surface area contributed by atoms with Crippen LogP contribution in [-0.2, 0) is 22.7 Å². The molecule has 0 atom stereocenters. The highest BCUT2D eigenvalue weighted by molar-refractivity contribution is 8.12. The van der Waals surface area contributed by atoms with E-state index in [1.54, 1.807) is 36.4 Å². The molecule has 17 radical (unpaired) electrons. The Morgan fingerprint density at radius 2 is 1.31 bits per heavy atom. The largest absolute Gasteiger partial charge is 0.218 e. The standard InChI is InChI=1S/C25H20ClFO2S.B15/c1-17-6-14-22(15-7-17)30(28,29)25-20(10-8-18-4-2-3-5-23(18)25)11-9-19-12-13-21(26)16-24(19)27;1-9-13(8)15(12(6)7)14(10(2)3)11(4)5/h2-8,10,12-16H,9,11H2,1H3;. The number of hydrogen-bond donors (Lipinski definition) is 0. The van der Waals surface area contributed by atoms with E-state index in [2.05, 4.69) is 0 Å². The highest BCUT2D eigenvalue weighted by atomic mass is 35.5. The van der Waals surface area contributed by atoms with Gasteiger partial charge in [0.1, 0.15) is 5.82 Å². The Bertz CT molecular complexity index is 1670. The fourth-order valence-corrected chi connectivity index (χ4v) is 7.18. The quantitative estimate of drug-likeness (QED) is 0.239. The summed E-state index contributed by atoms with van der Waals surface area (Å²) in [6.45, 7) is 1.92. The first-order valence-corrected chi connectivity index (χ1v) is 16.2. The minimum atomic E-state index is -3.75. The number of halogens is 2. The SMILES string of the molecule is Cc1ccc(S(=O)(=O)c2c(CCc3ccc(Cl)cc3F)ccc3ccccc23)cc1.[B][B]B([B])B(B([B])[B])B(B([B])[B])B([B])[B]. The van der Waals surface area contributed by atoms with Crippen molar-refractivity contribution in [2.24, 2.45) is 0 Å². The van der Waals surface area contributed by atoms with Gasteiger partial charge in [0.15, 0.2) is 0 Å². The van der Waals surface area contributed by atoms with Crippen molar-refractivity contribution in [1.29, 1.82) is 0 Å². The third-order valence-electron chi connectivity index (χ3n) is 7.68. The third kappa shape index (κ3) is 9.66. The molecular weight excluding hydrogens is 581 g/mol. The van der Waals surface area contributed by atoms with Gasteiger partial charge in [-0.25, -0.2) is 12.8 Å². The van der Waals surface area contributed by atoms with Gasteiger partial charge in [-0.2, -0.15) is 0 Å². The summed E-state index contributed by atoms with van der Waals surface area (Å²) in [6, 6.07) is 22.6. The first kappa shape index (κ1) is 37.7. The number of rotatable bonds is 11. The van der Waals surface area contributed by atoms with E-state index >= 15 is 0 Å². The summed E-state index contributed by atoms with van der Waals surface area (Å²) in [7, 11) is 42.0. The van der Waals surface area contributed by atoms with E-state index in [0.717, 1.165) is 10.9 Å². The van der Waals surface area contributed by atoms with E-state index in [0.29, 0.717) is 39.3 Å². The van der Waals surface area contributed by atoms with Gasteiger partial charge in [0.2, 0.25) is 9.84 Å². The minimum absolute atomic E-state index is 0.253. The number of aryl methyl sites for hydroxylation is 3. The van der Waals surface area contributed by atoms with Crippen LogP contribution in [0.2, 0.25) is 5.02 Å². The van der Waals surface area contributed by atoms with Gasteiger partial charge in [0, 0.05) is 118 Å². The zero-order valence-corrected chi connectivity index (χ0v) is 26.6. The fourth-order valence-electron chi connectivity index (χ4n) is 5.30. The highest BCUT2D eigenvalue weighted by Crippen LogP contribution is 2.33. The molecular formula is C25H20B15ClFO2S. The van der Waals surface area contributed by atoms with Crippen LogP contribution in [0.4, 0.5) is 4.39 Å². The first-order chi connectivity index (χ1) is 21.2. The third-order valence-corrected chi connectivity index (χ3v) is 9.83. The number of fused-ring (bicyclic) bond motifs is 1. The molecule has 20 heteroatoms. The van der Waals surface area contributed by atoms with Crippen molar-refractivity contribution in [2.75, 3.05) is 0 Å². The average Bonchev–Trinajstić information content (AvgIpc) is 2.98. The van der Waals surface area contributed by atoms with Crippen LogP contribution in [0.3, 0.4) is 0 Å². The molecule has 0 N–H and O–H groups in total. The lowest BCUT2D eigenvalue weighted by atomic mass is 8.46. The molecule has 4 aromatic rings. The zero-order valence-electron chi connectivity index (χ0n) is 25.1. The predicted molar refractivity (Wildman–Crippen MR) is 206 cm³/mol. The van der Waals surface area contributed by atoms with Crippen LogP contribution in [0.15, 0.2) is 88.7 Å². The molecule has 4 aromatic carbocycles. The van der Waals surface area contributed by atoms with Crippen LogP contribution >= 0.6 is 11.6 Å². The van der Waals surface area contributed by atoms with Gasteiger partial charge in [-0.3, -0.25) is 0 Å². The van der Waals surface area contributed by atoms with Crippen molar-refractivity contribution in [2.45, 2.75) is 29.6 Å². The lowest BCUT2D eigenvalue weighted by Crippen LogP contribution is -2.73. The summed E-state index contributed by atoms with van der Waals surface area (Å²) < 4.78 is 41.5. The number of sulfone groups is 1. The van der Waals surface area contributed by atoms with Crippen molar-refractivity contribution < 1.29 is 12.8 Å². The second-order valence-corrected chi connectivity index (χ2v) is 13.3. The van der Waals surface area contributed by atoms with Gasteiger partial charge in [0.05, 0.1) is 9.79 Å². The van der Waals surface area contributed by atoms with Gasteiger partial charge >= 0.3 is 0 Å². The van der Waals surface area contributed by atoms with Crippen LogP contribution in [0, 0.1) is 12.7 Å². The van der Waals surface area contributed by atoms with Crippen molar-refractivity contribution in [1.82, 2.24) is 0 Å². The van der Waals surface area contributed by atoms with E-state index in [9.17, 15) is 12.8 Å². The molecule has 0 unspecified atom stereocenters. The van der Waals surface area contributed by atoms with Crippen LogP contribution in [0.5, 0.6) is 0 Å². The molecule has 0 bridgehead atoms. The van der Waals surface area contributed by atoms with E-state index in [1.807, 2.05) is 43.3 Å². The van der Waals surface area contributed by atoms with Crippen molar-refractivity contribution in [3.63, 3.8) is 0 Å². The Morgan fingerprint density at radius 1 is 0.756 bits per heavy atom. The van der Waals surface area contributed by atoms with E-state index in [-0.39, 0.29) is 10.7 Å². The van der Waals surface area contributed by atoms with E-state index in [4.69, 9.17) is 73.5 Å². The summed E-state index contributed by atoms with van der Waals surface area (Å²) in [5.41, 5.74) is 2.17. The lowest BCUT2D eigenvalue weighted by molar-refractivity contribution is 0.595. The molecule has 0 aliphatic carbocycles. The fraction of sp³-hybridized carbons (Fsp3) is 0.120. The number of benzene rings is 4. The zero-order chi connectivity index (χ0) is 33.5. The Kier molecular flexibility index (Phi) is 14.2. The van der Waals surface area contributed by atoms with Crippen LogP contribution < -0.4 is 0 Å². The molecule has 0 aliphatic rings. The average molecular weight is 601 g/mol. The molecule has 0 amide bonds. The normalized spacial score (nSPS) is 10.7. The van der Waals surface area contributed by atoms with Gasteiger partial charge < -0.3 is 0 Å². The molecule has 0 saturated carbocycles. The Labute approximate surface area is 286 Å². The Morgan fingerprint density at radius 3 is 1.87 bits per heavy atom. The Hall–Kier alpha value is -1.72. The first-order valence-electron chi connectivity index (χ1n) is 14.3. The van der Waals surface area contributed by atoms with E-state index < -0.39 is 48.1 Å². The summed E-state index contributed by atoms with van der Waals surface area (Å²) in [4.78, 5) is 0.544. The molecule has 0 heterocycles. The minimum Gasteiger partial charge on any atom is -0.218 e. The van der Waals surface area contributed by atoms with Gasteiger partial charge in [0.25, 0.3) is 0 Å². The van der Waals surface area contributed by atoms with Gasteiger partial charge in [-0.05, 0) is 60.5 Å². The maximum absolute atomic E-state index is 14.2. The van der Waals surface area contributed by atoms with Crippen LogP contribution in [-0.4, -0.2) is 116 Å². The lowest BCUT2D eigenvalue weighted by Gasteiger charge is -2.35. The molecule has 0 aromatic heterocycles. The molecule has 2 nitrogen and oxygen atoms in total. The second kappa shape index (κ2) is 16.9. The molecule has 0 saturated heterocycles. The van der Waals surface area contributed by atoms with Crippen molar-refractivity contribution in [3.05, 3.63) is 106 Å². The predicted octanol–water partition coefficient (Wildman–Crippen LogP) is 0.847. The van der Waals surface area contributed by atoms with Crippen molar-refractivity contribution in [3.8, 4) is 0 Å². The summed E-state index contributed by atoms with van der Waals surface area (Å²) in [6.07, 6.45) is -3.00. The second-order valence-electron chi connectivity index (χ2n) is 11.0. The smallest absolute Gasteiger partial charge is 0.207 e. The molecule has 0 fully saturated rings. The molecule has 0 spiro atoms. The topological polar surface area (TPSA) is 34.1 Å². The Balaban J connectivity index is 0.000000313. The van der Waals surface area contributed by atoms with E-state index in [1.165, 1.54) is 13.1 Å².